The normalized spacial score (nSPS) is 39.1. The molecule has 1 aromatic carbocycles. The predicted molar refractivity (Wildman–Crippen MR) is 106 cm³/mol. The number of methoxy groups -OCH3 is 1. The highest BCUT2D eigenvalue weighted by Gasteiger charge is 2.72. The number of likely N-dealkylation sites (N-methyl/N-ethyl adjacent to an activating group) is 1. The molecule has 0 saturated carbocycles. The van der Waals surface area contributed by atoms with Gasteiger partial charge in [-0.15, -0.1) is 0 Å². The minimum Gasteiger partial charge on any atom is -0.493 e. The van der Waals surface area contributed by atoms with Crippen molar-refractivity contribution >= 4 is 8.32 Å². The number of rotatable bonds is 3. The van der Waals surface area contributed by atoms with Gasteiger partial charge in [-0.25, -0.2) is 0 Å². The van der Waals surface area contributed by atoms with Crippen LogP contribution in [0.3, 0.4) is 0 Å². The van der Waals surface area contributed by atoms with Crippen molar-refractivity contribution in [3.8, 4) is 11.5 Å². The fraction of sp³-hybridized carbons (Fsp3) is 0.619. The van der Waals surface area contributed by atoms with Crippen LogP contribution in [-0.2, 0) is 16.3 Å². The first-order valence-electron chi connectivity index (χ1n) is 9.88. The summed E-state index contributed by atoms with van der Waals surface area (Å²) in [4.78, 5) is 2.44. The molecule has 2 aliphatic heterocycles. The van der Waals surface area contributed by atoms with E-state index in [1.165, 1.54) is 11.1 Å². The molecule has 1 fully saturated rings. The van der Waals surface area contributed by atoms with Crippen LogP contribution in [0.5, 0.6) is 11.5 Å². The summed E-state index contributed by atoms with van der Waals surface area (Å²) >= 11 is 0. The Morgan fingerprint density at radius 3 is 2.78 bits per heavy atom. The molecule has 2 heterocycles. The Morgan fingerprint density at radius 2 is 2.07 bits per heavy atom. The maximum absolute atomic E-state index is 10.9. The zero-order valence-electron chi connectivity index (χ0n) is 16.8. The van der Waals surface area contributed by atoms with Crippen molar-refractivity contribution < 1.29 is 19.0 Å². The third kappa shape index (κ3) is 2.05. The standard InChI is InChI=1S/C21H29NO4Si/c1-22-11-10-20-17-13-6-7-15(24-2)18(17)25-19(20)14(23)8-9-21(20,16(22)12-13)26-27(3,4)5/h6-9,14,16,19,23H,10-12H2,1-5H3/t14-,16+,19-,20-,21+/m0/s1. The number of ether oxygens (including phenoxy) is 2. The van der Waals surface area contributed by atoms with Crippen LogP contribution in [0.4, 0.5) is 0 Å². The first-order chi connectivity index (χ1) is 12.7. The summed E-state index contributed by atoms with van der Waals surface area (Å²) in [5.41, 5.74) is 1.69. The minimum absolute atomic E-state index is 0.236. The van der Waals surface area contributed by atoms with E-state index in [2.05, 4.69) is 43.7 Å². The van der Waals surface area contributed by atoms with E-state index in [1.54, 1.807) is 7.11 Å². The van der Waals surface area contributed by atoms with Gasteiger partial charge < -0.3 is 19.0 Å². The van der Waals surface area contributed by atoms with Crippen molar-refractivity contribution in [3.05, 3.63) is 35.4 Å². The highest BCUT2D eigenvalue weighted by molar-refractivity contribution is 6.69. The minimum atomic E-state index is -1.88. The predicted octanol–water partition coefficient (Wildman–Crippen LogP) is 2.48. The summed E-state index contributed by atoms with van der Waals surface area (Å²) in [6, 6.07) is 4.42. The Hall–Kier alpha value is -1.34. The molecule has 6 heteroatoms. The fourth-order valence-electron chi connectivity index (χ4n) is 6.10. The van der Waals surface area contributed by atoms with Gasteiger partial charge in [0.15, 0.2) is 19.8 Å². The molecule has 2 bridgehead atoms. The van der Waals surface area contributed by atoms with Crippen molar-refractivity contribution in [1.82, 2.24) is 4.90 Å². The molecule has 5 atom stereocenters. The zero-order chi connectivity index (χ0) is 19.2. The van der Waals surface area contributed by atoms with Crippen LogP contribution >= 0.6 is 0 Å². The first-order valence-corrected chi connectivity index (χ1v) is 13.3. The van der Waals surface area contributed by atoms with Gasteiger partial charge in [-0.05, 0) is 57.7 Å². The molecule has 27 heavy (non-hydrogen) atoms. The molecule has 1 aromatic rings. The maximum atomic E-state index is 10.9. The summed E-state index contributed by atoms with van der Waals surface area (Å²) in [6.07, 6.45) is 4.93. The van der Waals surface area contributed by atoms with Gasteiger partial charge in [0.25, 0.3) is 0 Å². The average Bonchev–Trinajstić information content (AvgIpc) is 2.95. The lowest BCUT2D eigenvalue weighted by atomic mass is 9.50. The Balaban J connectivity index is 1.84. The quantitative estimate of drug-likeness (QED) is 0.638. The molecule has 5 nitrogen and oxygen atoms in total. The topological polar surface area (TPSA) is 51.2 Å². The number of aliphatic hydroxyl groups excluding tert-OH is 1. The molecule has 1 N–H and O–H groups in total. The number of hydrogen-bond acceptors (Lipinski definition) is 5. The maximum Gasteiger partial charge on any atom is 0.185 e. The number of likely N-dealkylation sites (tertiary alicyclic amines) is 1. The molecule has 0 unspecified atom stereocenters. The molecule has 0 radical (unpaired) electrons. The monoisotopic (exact) mass is 387 g/mol. The van der Waals surface area contributed by atoms with Crippen LogP contribution < -0.4 is 9.47 Å². The van der Waals surface area contributed by atoms with Gasteiger partial charge in [0.05, 0.1) is 12.5 Å². The van der Waals surface area contributed by atoms with Crippen molar-refractivity contribution in [3.63, 3.8) is 0 Å². The molecule has 0 aromatic heterocycles. The highest BCUT2D eigenvalue weighted by atomic mass is 28.4. The summed E-state index contributed by atoms with van der Waals surface area (Å²) in [7, 11) is 2.00. The van der Waals surface area contributed by atoms with E-state index >= 15 is 0 Å². The second kappa shape index (κ2) is 5.38. The van der Waals surface area contributed by atoms with Crippen molar-refractivity contribution in [2.75, 3.05) is 20.7 Å². The number of nitrogens with zero attached hydrogens (tertiary/aromatic N) is 1. The van der Waals surface area contributed by atoms with Crippen LogP contribution in [0, 0.1) is 0 Å². The molecule has 5 rings (SSSR count). The third-order valence-corrected chi connectivity index (χ3v) is 7.88. The second-order valence-electron chi connectivity index (χ2n) is 9.45. The number of piperidine rings is 1. The van der Waals surface area contributed by atoms with E-state index in [9.17, 15) is 5.11 Å². The van der Waals surface area contributed by atoms with Gasteiger partial charge in [0.1, 0.15) is 17.8 Å². The summed E-state index contributed by atoms with van der Waals surface area (Å²) in [5, 5.41) is 10.9. The van der Waals surface area contributed by atoms with E-state index < -0.39 is 20.0 Å². The molecular weight excluding hydrogens is 358 g/mol. The van der Waals surface area contributed by atoms with E-state index in [4.69, 9.17) is 13.9 Å². The van der Waals surface area contributed by atoms with E-state index in [0.29, 0.717) is 0 Å². The average molecular weight is 388 g/mol. The van der Waals surface area contributed by atoms with Crippen molar-refractivity contribution in [1.29, 1.82) is 0 Å². The second-order valence-corrected chi connectivity index (χ2v) is 13.9. The lowest BCUT2D eigenvalue weighted by Crippen LogP contribution is -2.77. The van der Waals surface area contributed by atoms with Gasteiger partial charge in [0, 0.05) is 11.6 Å². The largest absolute Gasteiger partial charge is 0.493 e. The fourth-order valence-corrected chi connectivity index (χ4v) is 7.50. The van der Waals surface area contributed by atoms with Gasteiger partial charge in [-0.2, -0.15) is 0 Å². The summed E-state index contributed by atoms with van der Waals surface area (Å²) in [5.74, 6) is 1.57. The molecule has 0 amide bonds. The van der Waals surface area contributed by atoms with E-state index in [1.807, 2.05) is 12.1 Å². The van der Waals surface area contributed by atoms with Gasteiger partial charge >= 0.3 is 0 Å². The number of benzene rings is 1. The van der Waals surface area contributed by atoms with Crippen LogP contribution in [0.15, 0.2) is 24.3 Å². The Bertz CT molecular complexity index is 834. The molecular formula is C21H29NO4Si. The van der Waals surface area contributed by atoms with Crippen LogP contribution in [0.2, 0.25) is 19.6 Å². The molecule has 1 saturated heterocycles. The van der Waals surface area contributed by atoms with Gasteiger partial charge in [0.2, 0.25) is 0 Å². The first kappa shape index (κ1) is 17.7. The van der Waals surface area contributed by atoms with Gasteiger partial charge in [-0.3, -0.25) is 4.90 Å². The Kier molecular flexibility index (Phi) is 3.53. The zero-order valence-corrected chi connectivity index (χ0v) is 17.8. The Morgan fingerprint density at radius 1 is 1.30 bits per heavy atom. The smallest absolute Gasteiger partial charge is 0.185 e. The lowest BCUT2D eigenvalue weighted by molar-refractivity contribution is -0.141. The van der Waals surface area contributed by atoms with Crippen LogP contribution in [0.25, 0.3) is 0 Å². The molecule has 2 aliphatic carbocycles. The Labute approximate surface area is 162 Å². The summed E-state index contributed by atoms with van der Waals surface area (Å²) in [6.45, 7) is 7.72. The number of hydrogen-bond donors (Lipinski definition) is 1. The van der Waals surface area contributed by atoms with Crippen LogP contribution in [0.1, 0.15) is 17.5 Å². The SMILES string of the molecule is COc1ccc2c3c1O[C@H]1[C@@H](O)C=C[C@@]4(O[Si](C)(C)C)[C@@H](C2)N(C)CC[C@]314. The van der Waals surface area contributed by atoms with Crippen LogP contribution in [-0.4, -0.2) is 62.9 Å². The van der Waals surface area contributed by atoms with Crippen molar-refractivity contribution in [2.24, 2.45) is 0 Å². The van der Waals surface area contributed by atoms with E-state index in [-0.39, 0.29) is 17.6 Å². The molecule has 4 aliphatic rings. The highest BCUT2D eigenvalue weighted by Crippen LogP contribution is 2.65. The lowest BCUT2D eigenvalue weighted by Gasteiger charge is -2.64. The van der Waals surface area contributed by atoms with E-state index in [0.717, 1.165) is 30.9 Å². The third-order valence-electron chi connectivity index (χ3n) is 6.93. The number of aliphatic hydroxyl groups is 1. The van der Waals surface area contributed by atoms with Gasteiger partial charge in [-0.1, -0.05) is 18.2 Å². The molecule has 1 spiro atoms. The summed E-state index contributed by atoms with van der Waals surface area (Å²) < 4.78 is 19.2. The molecule has 146 valence electrons. The van der Waals surface area contributed by atoms with Crippen molar-refractivity contribution in [2.45, 2.75) is 61.7 Å².